The molecule has 1 aromatic carbocycles. The molecule has 0 saturated carbocycles. The van der Waals surface area contributed by atoms with Crippen molar-refractivity contribution in [3.63, 3.8) is 0 Å². The summed E-state index contributed by atoms with van der Waals surface area (Å²) in [5.41, 5.74) is -0.0978. The topological polar surface area (TPSA) is 92.7 Å². The van der Waals surface area contributed by atoms with Gasteiger partial charge in [0, 0.05) is 0 Å². The third kappa shape index (κ3) is 18.1. The number of thioether (sulfide) groups is 1. The fourth-order valence-corrected chi connectivity index (χ4v) is 6.14. The second-order valence-electron chi connectivity index (χ2n) is 12.0. The van der Waals surface area contributed by atoms with Crippen LogP contribution in [0.25, 0.3) is 0 Å². The average molecular weight is 678 g/mol. The Bertz CT molecular complexity index is 1250. The van der Waals surface area contributed by atoms with Crippen LogP contribution < -0.4 is 10.1 Å². The molecule has 0 radical (unpaired) electrons. The Kier molecular flexibility index (Phi) is 23.3. The van der Waals surface area contributed by atoms with E-state index in [0.29, 0.717) is 19.3 Å². The highest BCUT2D eigenvalue weighted by molar-refractivity contribution is 8.01. The molecular formula is C41H59NO5S. The molecule has 0 bridgehead atoms. The highest BCUT2D eigenvalue weighted by Crippen LogP contribution is 2.34. The average Bonchev–Trinajstić information content (AvgIpc) is 3.07. The molecule has 1 atom stereocenters. The minimum Gasteiger partial charge on any atom is -0.478 e. The molecule has 1 amide bonds. The number of carbonyl (C=O) groups excluding carboxylic acids is 2. The highest BCUT2D eigenvalue weighted by atomic mass is 32.2. The smallest absolute Gasteiger partial charge is 0.339 e. The maximum Gasteiger partial charge on any atom is 0.339 e. The van der Waals surface area contributed by atoms with Crippen molar-refractivity contribution in [2.24, 2.45) is 5.92 Å². The van der Waals surface area contributed by atoms with Crippen molar-refractivity contribution < 1.29 is 24.2 Å². The molecule has 0 aliphatic carbocycles. The minimum atomic E-state index is -1.18. The van der Waals surface area contributed by atoms with E-state index in [2.05, 4.69) is 85.2 Å². The van der Waals surface area contributed by atoms with Gasteiger partial charge in [0.05, 0.1) is 4.75 Å². The number of hydrogen-bond donors (Lipinski definition) is 2. The number of hydrogen-bond acceptors (Lipinski definition) is 5. The zero-order chi connectivity index (χ0) is 35.5. The SMILES string of the molecule is CC/C=C\C/C=C\C/C=C\C/C=C\C/C=C\C/C=C\CCCSC(CC)(CC)C(=O)NC(CC(C)C)C(=O)Oc1ccccc1C(=O)O. The number of nitrogens with one attached hydrogen (secondary N) is 1. The minimum absolute atomic E-state index is 0.0287. The largest absolute Gasteiger partial charge is 0.478 e. The van der Waals surface area contributed by atoms with E-state index in [1.165, 1.54) is 12.1 Å². The van der Waals surface area contributed by atoms with Gasteiger partial charge in [0.2, 0.25) is 5.91 Å². The number of rotatable bonds is 25. The Morgan fingerprint density at radius 2 is 1.29 bits per heavy atom. The number of para-hydroxylation sites is 1. The van der Waals surface area contributed by atoms with Crippen molar-refractivity contribution in [3.05, 3.63) is 103 Å². The summed E-state index contributed by atoms with van der Waals surface area (Å²) in [4.78, 5) is 38.4. The molecule has 2 N–H and O–H groups in total. The standard InChI is InChI=1S/C41H59NO5S/c1-6-9-10-11-12-13-14-15-16-17-18-19-20-21-22-23-24-25-26-29-32-48-41(7-2,8-3)40(46)42-36(33-34(4)5)39(45)47-37-31-28-27-30-35(37)38(43)44/h9-10,12-13,15-16,18-19,21-22,24-25,27-28,30-31,34,36H,6-8,11,14,17,20,23,26,29,32-33H2,1-5H3,(H,42,46)(H,43,44)/b10-9-,13-12-,16-15-,19-18-,22-21-,25-24-. The first kappa shape index (κ1) is 42.4. The molecule has 7 heteroatoms. The third-order valence-electron chi connectivity index (χ3n) is 7.67. The number of benzene rings is 1. The van der Waals surface area contributed by atoms with E-state index in [9.17, 15) is 19.5 Å². The molecule has 1 unspecified atom stereocenters. The van der Waals surface area contributed by atoms with Crippen LogP contribution in [0.5, 0.6) is 5.75 Å². The summed E-state index contributed by atoms with van der Waals surface area (Å²) in [5, 5.41) is 12.4. The maximum atomic E-state index is 13.6. The Balaban J connectivity index is 2.47. The molecule has 0 saturated heterocycles. The first-order valence-electron chi connectivity index (χ1n) is 17.6. The normalized spacial score (nSPS) is 13.3. The molecule has 6 nitrogen and oxygen atoms in total. The van der Waals surface area contributed by atoms with Crippen LogP contribution in [0, 0.1) is 5.92 Å². The van der Waals surface area contributed by atoms with Gasteiger partial charge >= 0.3 is 11.9 Å². The molecule has 0 fully saturated rings. The van der Waals surface area contributed by atoms with E-state index in [-0.39, 0.29) is 23.1 Å². The van der Waals surface area contributed by atoms with Crippen molar-refractivity contribution in [2.75, 3.05) is 5.75 Å². The van der Waals surface area contributed by atoms with Crippen molar-refractivity contribution in [3.8, 4) is 5.75 Å². The molecule has 48 heavy (non-hydrogen) atoms. The van der Waals surface area contributed by atoms with Crippen LogP contribution in [0.15, 0.2) is 97.2 Å². The van der Waals surface area contributed by atoms with Gasteiger partial charge in [-0.25, -0.2) is 9.59 Å². The van der Waals surface area contributed by atoms with E-state index in [0.717, 1.165) is 57.1 Å². The molecule has 0 aliphatic heterocycles. The molecule has 0 aromatic heterocycles. The number of unbranched alkanes of at least 4 members (excludes halogenated alkanes) is 1. The van der Waals surface area contributed by atoms with Crippen molar-refractivity contribution in [1.82, 2.24) is 5.32 Å². The van der Waals surface area contributed by atoms with Gasteiger partial charge in [-0.3, -0.25) is 4.79 Å². The molecule has 264 valence electrons. The first-order chi connectivity index (χ1) is 23.2. The number of esters is 1. The number of carboxylic acid groups (broad SMARTS) is 1. The Morgan fingerprint density at radius 3 is 1.77 bits per heavy atom. The van der Waals surface area contributed by atoms with Gasteiger partial charge in [-0.05, 0) is 94.4 Å². The summed E-state index contributed by atoms with van der Waals surface area (Å²) < 4.78 is 4.84. The molecule has 0 heterocycles. The maximum absolute atomic E-state index is 13.6. The van der Waals surface area contributed by atoms with Crippen molar-refractivity contribution in [2.45, 2.75) is 116 Å². The number of carbonyl (C=O) groups is 3. The van der Waals surface area contributed by atoms with Crippen LogP contribution >= 0.6 is 11.8 Å². The van der Waals surface area contributed by atoms with Crippen LogP contribution in [0.2, 0.25) is 0 Å². The summed E-state index contributed by atoms with van der Waals surface area (Å²) in [7, 11) is 0. The Morgan fingerprint density at radius 1 is 0.792 bits per heavy atom. The van der Waals surface area contributed by atoms with Crippen LogP contribution in [0.1, 0.15) is 116 Å². The first-order valence-corrected chi connectivity index (χ1v) is 18.6. The lowest BCUT2D eigenvalue weighted by atomic mass is 9.98. The lowest BCUT2D eigenvalue weighted by Crippen LogP contribution is -2.52. The van der Waals surface area contributed by atoms with Gasteiger partial charge < -0.3 is 15.2 Å². The zero-order valence-electron chi connectivity index (χ0n) is 29.9. The predicted molar refractivity (Wildman–Crippen MR) is 204 cm³/mol. The van der Waals surface area contributed by atoms with Gasteiger partial charge in [0.1, 0.15) is 17.4 Å². The van der Waals surface area contributed by atoms with E-state index in [4.69, 9.17) is 4.74 Å². The quantitative estimate of drug-likeness (QED) is 0.0463. The van der Waals surface area contributed by atoms with Gasteiger partial charge in [-0.2, -0.15) is 0 Å². The molecule has 0 spiro atoms. The van der Waals surface area contributed by atoms with Crippen molar-refractivity contribution >= 4 is 29.6 Å². The summed E-state index contributed by atoms with van der Waals surface area (Å²) in [6.45, 7) is 10.1. The van der Waals surface area contributed by atoms with Crippen LogP contribution in [0.3, 0.4) is 0 Å². The molecule has 1 aromatic rings. The van der Waals surface area contributed by atoms with E-state index in [1.807, 2.05) is 27.7 Å². The fourth-order valence-electron chi connectivity index (χ4n) is 4.84. The lowest BCUT2D eigenvalue weighted by Gasteiger charge is -2.32. The Labute approximate surface area is 294 Å². The van der Waals surface area contributed by atoms with Gasteiger partial charge in [0.15, 0.2) is 0 Å². The Hall–Kier alpha value is -3.58. The number of allylic oxidation sites excluding steroid dienone is 12. The summed E-state index contributed by atoms with van der Waals surface area (Å²) in [6, 6.07) is 5.14. The fraction of sp³-hybridized carbons (Fsp3) is 0.488. The van der Waals surface area contributed by atoms with Crippen LogP contribution in [-0.4, -0.2) is 39.5 Å². The van der Waals surface area contributed by atoms with Crippen LogP contribution in [0.4, 0.5) is 0 Å². The molecular weight excluding hydrogens is 619 g/mol. The van der Waals surface area contributed by atoms with E-state index in [1.54, 1.807) is 23.9 Å². The zero-order valence-corrected chi connectivity index (χ0v) is 30.7. The summed E-state index contributed by atoms with van der Waals surface area (Å²) >= 11 is 1.64. The second-order valence-corrected chi connectivity index (χ2v) is 13.5. The highest BCUT2D eigenvalue weighted by Gasteiger charge is 2.38. The van der Waals surface area contributed by atoms with Gasteiger partial charge in [-0.1, -0.05) is 120 Å². The van der Waals surface area contributed by atoms with Crippen molar-refractivity contribution in [1.29, 1.82) is 0 Å². The van der Waals surface area contributed by atoms with Crippen LogP contribution in [-0.2, 0) is 9.59 Å². The monoisotopic (exact) mass is 677 g/mol. The molecule has 1 rings (SSSR count). The van der Waals surface area contributed by atoms with E-state index < -0.39 is 22.7 Å². The van der Waals surface area contributed by atoms with E-state index >= 15 is 0 Å². The summed E-state index contributed by atoms with van der Waals surface area (Å²) in [5.74, 6) is -1.11. The number of carboxylic acids is 1. The van der Waals surface area contributed by atoms with Gasteiger partial charge in [0.25, 0.3) is 0 Å². The molecule has 0 aliphatic rings. The number of aromatic carboxylic acids is 1. The lowest BCUT2D eigenvalue weighted by molar-refractivity contribution is -0.140. The predicted octanol–water partition coefficient (Wildman–Crippen LogP) is 10.6. The number of amides is 1. The number of ether oxygens (including phenoxy) is 1. The third-order valence-corrected chi connectivity index (χ3v) is 9.48. The summed E-state index contributed by atoms with van der Waals surface area (Å²) in [6.07, 6.45) is 35.8. The van der Waals surface area contributed by atoms with Gasteiger partial charge in [-0.15, -0.1) is 11.8 Å². The second kappa shape index (κ2) is 26.4.